The van der Waals surface area contributed by atoms with Gasteiger partial charge in [0.25, 0.3) is 5.91 Å². The van der Waals surface area contributed by atoms with E-state index >= 15 is 0 Å². The number of amides is 1. The Bertz CT molecular complexity index is 707. The molecule has 2 aromatic rings. The number of aliphatic hydroxyl groups is 1. The van der Waals surface area contributed by atoms with Gasteiger partial charge in [0.05, 0.1) is 6.10 Å². The molecule has 2 rings (SSSR count). The van der Waals surface area contributed by atoms with Crippen molar-refractivity contribution in [2.24, 2.45) is 0 Å². The summed E-state index contributed by atoms with van der Waals surface area (Å²) in [5.74, 6) is 2.14. The van der Waals surface area contributed by atoms with Crippen molar-refractivity contribution in [1.82, 2.24) is 5.32 Å². The predicted molar refractivity (Wildman–Crippen MR) is 84.5 cm³/mol. The van der Waals surface area contributed by atoms with Gasteiger partial charge in [-0.1, -0.05) is 18.1 Å². The lowest BCUT2D eigenvalue weighted by atomic mass is 10.1. The number of benzene rings is 2. The van der Waals surface area contributed by atoms with Crippen molar-refractivity contribution in [2.45, 2.75) is 6.10 Å². The number of terminal acetylenes is 1. The third kappa shape index (κ3) is 4.83. The highest BCUT2D eigenvalue weighted by Crippen LogP contribution is 2.14. The number of rotatable bonds is 6. The summed E-state index contributed by atoms with van der Waals surface area (Å²) in [6, 6.07) is 12.1. The maximum absolute atomic E-state index is 13.1. The molecule has 0 fully saturated rings. The third-order valence-electron chi connectivity index (χ3n) is 3.13. The lowest BCUT2D eigenvalue weighted by molar-refractivity contribution is 0.0916. The Balaban J connectivity index is 1.90. The van der Waals surface area contributed by atoms with Gasteiger partial charge in [0.15, 0.2) is 0 Å². The van der Waals surface area contributed by atoms with Crippen molar-refractivity contribution < 1.29 is 19.0 Å². The van der Waals surface area contributed by atoms with Crippen LogP contribution in [0.4, 0.5) is 4.39 Å². The van der Waals surface area contributed by atoms with Crippen LogP contribution in [0.25, 0.3) is 0 Å². The molecule has 4 nitrogen and oxygen atoms in total. The van der Waals surface area contributed by atoms with Crippen molar-refractivity contribution in [3.8, 4) is 18.1 Å². The fraction of sp³-hybridized carbons (Fsp3) is 0.167. The van der Waals surface area contributed by atoms with Crippen molar-refractivity contribution in [3.63, 3.8) is 0 Å². The predicted octanol–water partition coefficient (Wildman–Crippen LogP) is 2.30. The molecule has 23 heavy (non-hydrogen) atoms. The fourth-order valence-electron chi connectivity index (χ4n) is 1.95. The first-order valence-corrected chi connectivity index (χ1v) is 6.98. The van der Waals surface area contributed by atoms with Gasteiger partial charge in [-0.2, -0.15) is 0 Å². The summed E-state index contributed by atoms with van der Waals surface area (Å²) in [5.41, 5.74) is 0.827. The Morgan fingerprint density at radius 3 is 2.70 bits per heavy atom. The van der Waals surface area contributed by atoms with Gasteiger partial charge in [-0.05, 0) is 42.0 Å². The molecule has 2 N–H and O–H groups in total. The average Bonchev–Trinajstić information content (AvgIpc) is 2.58. The Morgan fingerprint density at radius 1 is 1.30 bits per heavy atom. The van der Waals surface area contributed by atoms with E-state index in [2.05, 4.69) is 11.2 Å². The SMILES string of the molecule is C#CCOc1ccc(C(=O)NC[C@H](O)c2cccc(F)c2)cc1. The van der Waals surface area contributed by atoms with Crippen LogP contribution in [0.15, 0.2) is 48.5 Å². The lowest BCUT2D eigenvalue weighted by Crippen LogP contribution is -2.28. The number of aliphatic hydroxyl groups excluding tert-OH is 1. The van der Waals surface area contributed by atoms with Crippen LogP contribution >= 0.6 is 0 Å². The molecule has 0 heterocycles. The number of hydrogen-bond acceptors (Lipinski definition) is 3. The van der Waals surface area contributed by atoms with Crippen LogP contribution < -0.4 is 10.1 Å². The third-order valence-corrected chi connectivity index (χ3v) is 3.13. The van der Waals surface area contributed by atoms with Crippen LogP contribution in [0.2, 0.25) is 0 Å². The summed E-state index contributed by atoms with van der Waals surface area (Å²) in [5, 5.41) is 12.6. The molecular formula is C18H16FNO3. The van der Waals surface area contributed by atoms with E-state index in [0.29, 0.717) is 16.9 Å². The molecule has 0 aliphatic rings. The normalized spacial score (nSPS) is 11.3. The quantitative estimate of drug-likeness (QED) is 0.805. The molecule has 0 saturated carbocycles. The summed E-state index contributed by atoms with van der Waals surface area (Å²) >= 11 is 0. The largest absolute Gasteiger partial charge is 0.481 e. The molecule has 0 radical (unpaired) electrons. The number of hydrogen-bond donors (Lipinski definition) is 2. The highest BCUT2D eigenvalue weighted by molar-refractivity contribution is 5.94. The molecule has 0 saturated heterocycles. The number of halogens is 1. The number of carbonyl (C=O) groups excluding carboxylic acids is 1. The smallest absolute Gasteiger partial charge is 0.251 e. The Hall–Kier alpha value is -2.84. The van der Waals surface area contributed by atoms with Gasteiger partial charge < -0.3 is 15.2 Å². The molecule has 0 aromatic heterocycles. The Kier molecular flexibility index (Phi) is 5.73. The maximum Gasteiger partial charge on any atom is 0.251 e. The second kappa shape index (κ2) is 7.97. The minimum absolute atomic E-state index is 0.0162. The van der Waals surface area contributed by atoms with Crippen molar-refractivity contribution in [3.05, 3.63) is 65.5 Å². The zero-order valence-electron chi connectivity index (χ0n) is 12.3. The standard InChI is InChI=1S/C18H16FNO3/c1-2-10-23-16-8-6-13(7-9-16)18(22)20-12-17(21)14-4-3-5-15(19)11-14/h1,3-9,11,17,21H,10,12H2,(H,20,22)/t17-/m0/s1. The molecule has 5 heteroatoms. The topological polar surface area (TPSA) is 58.6 Å². The number of ether oxygens (including phenoxy) is 1. The van der Waals surface area contributed by atoms with E-state index in [9.17, 15) is 14.3 Å². The van der Waals surface area contributed by atoms with Crippen molar-refractivity contribution in [2.75, 3.05) is 13.2 Å². The first kappa shape index (κ1) is 16.5. The van der Waals surface area contributed by atoms with Gasteiger partial charge in [-0.15, -0.1) is 6.42 Å². The second-order valence-electron chi connectivity index (χ2n) is 4.80. The Morgan fingerprint density at radius 2 is 2.04 bits per heavy atom. The van der Waals surface area contributed by atoms with E-state index in [-0.39, 0.29) is 19.1 Å². The highest BCUT2D eigenvalue weighted by atomic mass is 19.1. The summed E-state index contributed by atoms with van der Waals surface area (Å²) in [4.78, 5) is 12.0. The van der Waals surface area contributed by atoms with Crippen LogP contribution in [0, 0.1) is 18.2 Å². The first-order valence-electron chi connectivity index (χ1n) is 6.98. The van der Waals surface area contributed by atoms with Gasteiger partial charge in [0.2, 0.25) is 0 Å². The molecule has 1 atom stereocenters. The van der Waals surface area contributed by atoms with E-state index in [1.54, 1.807) is 30.3 Å². The molecule has 0 aliphatic carbocycles. The van der Waals surface area contributed by atoms with Gasteiger partial charge in [0.1, 0.15) is 18.2 Å². The van der Waals surface area contributed by atoms with Crippen LogP contribution in [0.1, 0.15) is 22.0 Å². The van der Waals surface area contributed by atoms with Crippen LogP contribution in [-0.4, -0.2) is 24.2 Å². The Labute approximate surface area is 133 Å². The monoisotopic (exact) mass is 313 g/mol. The minimum atomic E-state index is -0.979. The van der Waals surface area contributed by atoms with E-state index < -0.39 is 11.9 Å². The van der Waals surface area contributed by atoms with Crippen molar-refractivity contribution in [1.29, 1.82) is 0 Å². The molecule has 0 bridgehead atoms. The van der Waals surface area contributed by atoms with E-state index in [0.717, 1.165) is 0 Å². The van der Waals surface area contributed by atoms with E-state index in [4.69, 9.17) is 11.2 Å². The summed E-state index contributed by atoms with van der Waals surface area (Å²) in [7, 11) is 0. The average molecular weight is 313 g/mol. The van der Waals surface area contributed by atoms with Crippen LogP contribution in [-0.2, 0) is 0 Å². The maximum atomic E-state index is 13.1. The second-order valence-corrected chi connectivity index (χ2v) is 4.80. The van der Waals surface area contributed by atoms with Crippen LogP contribution in [0.5, 0.6) is 5.75 Å². The molecular weight excluding hydrogens is 297 g/mol. The van der Waals surface area contributed by atoms with E-state index in [1.165, 1.54) is 18.2 Å². The van der Waals surface area contributed by atoms with Gasteiger partial charge in [0, 0.05) is 12.1 Å². The van der Waals surface area contributed by atoms with Crippen LogP contribution in [0.3, 0.4) is 0 Å². The lowest BCUT2D eigenvalue weighted by Gasteiger charge is -2.12. The first-order chi connectivity index (χ1) is 11.1. The number of nitrogens with one attached hydrogen (secondary N) is 1. The molecule has 118 valence electrons. The highest BCUT2D eigenvalue weighted by Gasteiger charge is 2.11. The van der Waals surface area contributed by atoms with Crippen molar-refractivity contribution >= 4 is 5.91 Å². The van der Waals surface area contributed by atoms with Gasteiger partial charge in [-0.3, -0.25) is 4.79 Å². The summed E-state index contributed by atoms with van der Waals surface area (Å²) in [6.45, 7) is 0.142. The van der Waals surface area contributed by atoms with Gasteiger partial charge >= 0.3 is 0 Å². The minimum Gasteiger partial charge on any atom is -0.481 e. The molecule has 2 aromatic carbocycles. The van der Waals surface area contributed by atoms with Gasteiger partial charge in [-0.25, -0.2) is 4.39 Å². The number of carbonyl (C=O) groups is 1. The molecule has 0 aliphatic heterocycles. The fourth-order valence-corrected chi connectivity index (χ4v) is 1.95. The zero-order chi connectivity index (χ0) is 16.7. The van der Waals surface area contributed by atoms with E-state index in [1.807, 2.05) is 0 Å². The molecule has 0 spiro atoms. The molecule has 1 amide bonds. The summed E-state index contributed by atoms with van der Waals surface area (Å²) in [6.07, 6.45) is 4.11. The summed E-state index contributed by atoms with van der Waals surface area (Å²) < 4.78 is 18.3. The zero-order valence-corrected chi connectivity index (χ0v) is 12.3. The molecule has 0 unspecified atom stereocenters.